The van der Waals surface area contributed by atoms with Crippen molar-refractivity contribution in [1.29, 1.82) is 0 Å². The predicted octanol–water partition coefficient (Wildman–Crippen LogP) is 2.72. The number of alkyl halides is 3. The summed E-state index contributed by atoms with van der Waals surface area (Å²) < 4.78 is 38.2. The van der Waals surface area contributed by atoms with Crippen molar-refractivity contribution in [2.45, 2.75) is 18.3 Å². The lowest BCUT2D eigenvalue weighted by Gasteiger charge is -2.16. The van der Waals surface area contributed by atoms with Gasteiger partial charge in [-0.05, 0) is 19.1 Å². The fourth-order valence-electron chi connectivity index (χ4n) is 1.39. The van der Waals surface area contributed by atoms with E-state index in [1.54, 1.807) is 6.92 Å². The van der Waals surface area contributed by atoms with E-state index in [1.807, 2.05) is 0 Å². The number of para-hydroxylation sites is 1. The first-order chi connectivity index (χ1) is 8.86. The number of nitrogens with two attached hydrogens (primary N) is 1. The van der Waals surface area contributed by atoms with Crippen LogP contribution in [0.25, 0.3) is 0 Å². The van der Waals surface area contributed by atoms with Crippen molar-refractivity contribution in [2.24, 2.45) is 5.73 Å². The van der Waals surface area contributed by atoms with E-state index >= 15 is 0 Å². The Hall–Kier alpha value is -1.21. The molecule has 1 amide bonds. The molecule has 0 aliphatic rings. The van der Waals surface area contributed by atoms with Gasteiger partial charge < -0.3 is 11.1 Å². The Morgan fingerprint density at radius 1 is 1.42 bits per heavy atom. The highest BCUT2D eigenvalue weighted by Crippen LogP contribution is 2.34. The molecule has 3 N–H and O–H groups in total. The lowest BCUT2D eigenvalue weighted by Crippen LogP contribution is -2.25. The lowest BCUT2D eigenvalue weighted by molar-refractivity contribution is -0.137. The second-order valence-corrected chi connectivity index (χ2v) is 5.28. The molecule has 0 fully saturated rings. The second kappa shape index (κ2) is 6.81. The van der Waals surface area contributed by atoms with Crippen molar-refractivity contribution in [3.8, 4) is 0 Å². The number of hydrogen-bond acceptors (Lipinski definition) is 3. The van der Waals surface area contributed by atoms with Crippen LogP contribution >= 0.6 is 11.8 Å². The van der Waals surface area contributed by atoms with E-state index in [9.17, 15) is 18.0 Å². The molecule has 1 aromatic rings. The van der Waals surface area contributed by atoms with Crippen LogP contribution in [0, 0.1) is 0 Å². The maximum absolute atomic E-state index is 12.7. The highest BCUT2D eigenvalue weighted by Gasteiger charge is 2.33. The Morgan fingerprint density at radius 3 is 2.63 bits per heavy atom. The van der Waals surface area contributed by atoms with Gasteiger partial charge in [0.2, 0.25) is 5.91 Å². The van der Waals surface area contributed by atoms with Gasteiger partial charge in [-0.2, -0.15) is 13.2 Å². The summed E-state index contributed by atoms with van der Waals surface area (Å²) in [5, 5.41) is 1.85. The summed E-state index contributed by atoms with van der Waals surface area (Å²) in [5.74, 6) is 0.116. The third kappa shape index (κ3) is 4.76. The Kier molecular flexibility index (Phi) is 5.68. The minimum absolute atomic E-state index is 0.222. The maximum atomic E-state index is 12.7. The number of thioether (sulfide) groups is 1. The van der Waals surface area contributed by atoms with Gasteiger partial charge >= 0.3 is 6.18 Å². The van der Waals surface area contributed by atoms with Crippen LogP contribution in [0.3, 0.4) is 0 Å². The Balaban J connectivity index is 2.80. The molecule has 0 spiro atoms. The Morgan fingerprint density at radius 2 is 2.05 bits per heavy atom. The van der Waals surface area contributed by atoms with Crippen LogP contribution in [-0.2, 0) is 11.0 Å². The summed E-state index contributed by atoms with van der Waals surface area (Å²) in [4.78, 5) is 11.8. The molecular formula is C12H15F3N2OS. The molecule has 0 saturated heterocycles. The molecule has 0 radical (unpaired) electrons. The SMILES string of the molecule is CC(SCCN)C(=O)Nc1ccccc1C(F)(F)F. The van der Waals surface area contributed by atoms with Crippen molar-refractivity contribution >= 4 is 23.4 Å². The number of benzene rings is 1. The number of carbonyl (C=O) groups excluding carboxylic acids is 1. The highest BCUT2D eigenvalue weighted by atomic mass is 32.2. The number of rotatable bonds is 5. The van der Waals surface area contributed by atoms with Crippen LogP contribution in [0.5, 0.6) is 0 Å². The van der Waals surface area contributed by atoms with E-state index in [1.165, 1.54) is 30.0 Å². The number of halogens is 3. The maximum Gasteiger partial charge on any atom is 0.418 e. The molecule has 1 rings (SSSR count). The van der Waals surface area contributed by atoms with Gasteiger partial charge in [0, 0.05) is 12.3 Å². The van der Waals surface area contributed by atoms with Crippen molar-refractivity contribution in [3.05, 3.63) is 29.8 Å². The van der Waals surface area contributed by atoms with Crippen LogP contribution in [0.1, 0.15) is 12.5 Å². The molecule has 0 heterocycles. The number of anilines is 1. The molecule has 1 aromatic carbocycles. The van der Waals surface area contributed by atoms with Gasteiger partial charge in [0.25, 0.3) is 0 Å². The van der Waals surface area contributed by atoms with E-state index < -0.39 is 22.9 Å². The fourth-order valence-corrected chi connectivity index (χ4v) is 2.09. The molecule has 0 aliphatic carbocycles. The van der Waals surface area contributed by atoms with E-state index in [0.29, 0.717) is 12.3 Å². The molecule has 0 aromatic heterocycles. The zero-order valence-electron chi connectivity index (χ0n) is 10.3. The summed E-state index contributed by atoms with van der Waals surface area (Å²) in [7, 11) is 0. The van der Waals surface area contributed by atoms with Crippen LogP contribution in [-0.4, -0.2) is 23.5 Å². The molecule has 0 bridgehead atoms. The van der Waals surface area contributed by atoms with Gasteiger partial charge in [-0.1, -0.05) is 12.1 Å². The van der Waals surface area contributed by atoms with Gasteiger partial charge in [-0.25, -0.2) is 0 Å². The van der Waals surface area contributed by atoms with Crippen LogP contribution in [0.2, 0.25) is 0 Å². The summed E-state index contributed by atoms with van der Waals surface area (Å²) in [6.07, 6.45) is -4.49. The van der Waals surface area contributed by atoms with Crippen LogP contribution in [0.4, 0.5) is 18.9 Å². The molecule has 3 nitrogen and oxygen atoms in total. The second-order valence-electron chi connectivity index (χ2n) is 3.83. The third-order valence-electron chi connectivity index (χ3n) is 2.35. The minimum atomic E-state index is -4.49. The van der Waals surface area contributed by atoms with Gasteiger partial charge in [0.15, 0.2) is 0 Å². The number of carbonyl (C=O) groups is 1. The van der Waals surface area contributed by atoms with E-state index in [-0.39, 0.29) is 5.69 Å². The zero-order valence-corrected chi connectivity index (χ0v) is 11.1. The molecule has 1 atom stereocenters. The predicted molar refractivity (Wildman–Crippen MR) is 71.0 cm³/mol. The van der Waals surface area contributed by atoms with E-state index in [2.05, 4.69) is 5.32 Å². The minimum Gasteiger partial charge on any atom is -0.330 e. The Labute approximate surface area is 113 Å². The molecule has 7 heteroatoms. The van der Waals surface area contributed by atoms with Crippen molar-refractivity contribution in [3.63, 3.8) is 0 Å². The summed E-state index contributed by atoms with van der Waals surface area (Å²) >= 11 is 1.30. The van der Waals surface area contributed by atoms with E-state index in [4.69, 9.17) is 5.73 Å². The molecule has 106 valence electrons. The first-order valence-electron chi connectivity index (χ1n) is 5.65. The molecule has 1 unspecified atom stereocenters. The fraction of sp³-hybridized carbons (Fsp3) is 0.417. The molecule has 0 aliphatic heterocycles. The number of nitrogens with one attached hydrogen (secondary N) is 1. The summed E-state index contributed by atoms with van der Waals surface area (Å²) in [6, 6.07) is 4.90. The number of amides is 1. The normalized spacial score (nSPS) is 13.1. The van der Waals surface area contributed by atoms with Crippen molar-refractivity contribution in [1.82, 2.24) is 0 Å². The quantitative estimate of drug-likeness (QED) is 0.877. The van der Waals surface area contributed by atoms with Crippen LogP contribution < -0.4 is 11.1 Å². The smallest absolute Gasteiger partial charge is 0.330 e. The van der Waals surface area contributed by atoms with Crippen molar-refractivity contribution < 1.29 is 18.0 Å². The monoisotopic (exact) mass is 292 g/mol. The topological polar surface area (TPSA) is 55.1 Å². The standard InChI is InChI=1S/C12H15F3N2OS/c1-8(19-7-6-16)11(18)17-10-5-3-2-4-9(10)12(13,14)15/h2-5,8H,6-7,16H2,1H3,(H,17,18). The Bertz CT molecular complexity index is 437. The van der Waals surface area contributed by atoms with Gasteiger partial charge in [-0.3, -0.25) is 4.79 Å². The van der Waals surface area contributed by atoms with Crippen molar-refractivity contribution in [2.75, 3.05) is 17.6 Å². The number of hydrogen-bond donors (Lipinski definition) is 2. The highest BCUT2D eigenvalue weighted by molar-refractivity contribution is 8.00. The molecule has 0 saturated carbocycles. The third-order valence-corrected chi connectivity index (χ3v) is 3.53. The molecule has 19 heavy (non-hydrogen) atoms. The van der Waals surface area contributed by atoms with Gasteiger partial charge in [-0.15, -0.1) is 11.8 Å². The lowest BCUT2D eigenvalue weighted by atomic mass is 10.1. The first-order valence-corrected chi connectivity index (χ1v) is 6.70. The van der Waals surface area contributed by atoms with Crippen LogP contribution in [0.15, 0.2) is 24.3 Å². The summed E-state index contributed by atoms with van der Waals surface area (Å²) in [6.45, 7) is 2.05. The van der Waals surface area contributed by atoms with Gasteiger partial charge in [0.05, 0.1) is 16.5 Å². The van der Waals surface area contributed by atoms with Gasteiger partial charge in [0.1, 0.15) is 0 Å². The molecular weight excluding hydrogens is 277 g/mol. The average molecular weight is 292 g/mol. The zero-order chi connectivity index (χ0) is 14.5. The summed E-state index contributed by atoms with van der Waals surface area (Å²) in [5.41, 5.74) is 4.24. The largest absolute Gasteiger partial charge is 0.418 e. The van der Waals surface area contributed by atoms with E-state index in [0.717, 1.165) is 6.07 Å². The first kappa shape index (κ1) is 15.8. The average Bonchev–Trinajstić information content (AvgIpc) is 2.35.